The normalized spacial score (nSPS) is 14.8. The molecule has 1 saturated heterocycles. The van der Waals surface area contributed by atoms with Crippen LogP contribution in [0, 0.1) is 18.3 Å². The minimum atomic E-state index is 0.178. The van der Waals surface area contributed by atoms with Crippen molar-refractivity contribution in [2.75, 3.05) is 26.8 Å². The van der Waals surface area contributed by atoms with Crippen LogP contribution in [-0.2, 0) is 26.0 Å². The first-order valence-corrected chi connectivity index (χ1v) is 15.3. The largest absolute Gasteiger partial charge is 0.488 e. The number of piperidine rings is 1. The monoisotopic (exact) mass is 594 g/mol. The Morgan fingerprint density at radius 2 is 1.73 bits per heavy atom. The van der Waals surface area contributed by atoms with E-state index < -0.39 is 0 Å². The number of fused-ring (bicyclic) bond motifs is 1. The highest BCUT2D eigenvalue weighted by molar-refractivity contribution is 5.75. The summed E-state index contributed by atoms with van der Waals surface area (Å²) in [5, 5.41) is 27.6. The fourth-order valence-corrected chi connectivity index (χ4v) is 6.11. The van der Waals surface area contributed by atoms with Gasteiger partial charge in [-0.25, -0.2) is 0 Å². The van der Waals surface area contributed by atoms with Crippen molar-refractivity contribution in [3.8, 4) is 28.7 Å². The second-order valence-electron chi connectivity index (χ2n) is 11.2. The number of aliphatic hydroxyl groups excluding tert-OH is 1. The van der Waals surface area contributed by atoms with Crippen LogP contribution in [0.2, 0.25) is 0 Å². The fraction of sp³-hybridized carbons (Fsp3) is 0.351. The molecular weight excluding hydrogens is 550 g/mol. The van der Waals surface area contributed by atoms with Crippen LogP contribution in [0.1, 0.15) is 53.5 Å². The van der Waals surface area contributed by atoms with E-state index in [1.54, 1.807) is 6.08 Å². The van der Waals surface area contributed by atoms with E-state index in [0.717, 1.165) is 63.1 Å². The molecule has 0 amide bonds. The summed E-state index contributed by atoms with van der Waals surface area (Å²) in [6.45, 7) is 9.60. The van der Waals surface area contributed by atoms with Crippen LogP contribution in [0.5, 0.6) is 11.5 Å². The Morgan fingerprint density at radius 3 is 2.45 bits per heavy atom. The highest BCUT2D eigenvalue weighted by Gasteiger charge is 2.26. The van der Waals surface area contributed by atoms with Crippen LogP contribution in [0.25, 0.3) is 11.1 Å². The maximum absolute atomic E-state index is 9.31. The topological polar surface area (TPSA) is 99.9 Å². The SMILES string of the molecule is C=C(C#N)/C=C(\C=[NH+]\O)COc1cc(OCc2cccc(-c3ccccc3)c2C)c2c(c1CN1CCCCC1)CCC2.CO. The molecule has 3 aromatic rings. The first-order chi connectivity index (χ1) is 21.6. The van der Waals surface area contributed by atoms with Crippen molar-refractivity contribution in [1.29, 1.82) is 5.26 Å². The van der Waals surface area contributed by atoms with Gasteiger partial charge in [-0.1, -0.05) is 61.5 Å². The van der Waals surface area contributed by atoms with Crippen LogP contribution in [0.3, 0.4) is 0 Å². The van der Waals surface area contributed by atoms with Crippen LogP contribution in [0.4, 0.5) is 0 Å². The van der Waals surface area contributed by atoms with Gasteiger partial charge in [-0.3, -0.25) is 10.1 Å². The summed E-state index contributed by atoms with van der Waals surface area (Å²) in [4.78, 5) is 2.53. The Morgan fingerprint density at radius 1 is 0.977 bits per heavy atom. The third-order valence-electron chi connectivity index (χ3n) is 8.33. The number of allylic oxidation sites excluding steroid dienone is 2. The van der Waals surface area contributed by atoms with Crippen LogP contribution < -0.4 is 14.6 Å². The van der Waals surface area contributed by atoms with Crippen molar-refractivity contribution in [2.24, 2.45) is 0 Å². The zero-order chi connectivity index (χ0) is 31.3. The molecule has 7 nitrogen and oxygen atoms in total. The van der Waals surface area contributed by atoms with Crippen LogP contribution >= 0.6 is 0 Å². The van der Waals surface area contributed by atoms with Gasteiger partial charge in [0, 0.05) is 30.9 Å². The number of rotatable bonds is 11. The molecule has 1 fully saturated rings. The molecule has 0 saturated carbocycles. The zero-order valence-corrected chi connectivity index (χ0v) is 25.9. The van der Waals surface area contributed by atoms with Crippen molar-refractivity contribution in [2.45, 2.75) is 58.6 Å². The predicted octanol–water partition coefficient (Wildman–Crippen LogP) is 5.25. The number of likely N-dealkylation sites (tertiary alicyclic amines) is 1. The van der Waals surface area contributed by atoms with Gasteiger partial charge in [0.05, 0.1) is 11.6 Å². The van der Waals surface area contributed by atoms with E-state index in [9.17, 15) is 10.5 Å². The average molecular weight is 595 g/mol. The van der Waals surface area contributed by atoms with Gasteiger partial charge in [0.2, 0.25) is 6.21 Å². The number of aliphatic hydroxyl groups is 1. The zero-order valence-electron chi connectivity index (χ0n) is 25.9. The highest BCUT2D eigenvalue weighted by atomic mass is 16.5. The Labute approximate surface area is 261 Å². The molecule has 44 heavy (non-hydrogen) atoms. The van der Waals surface area contributed by atoms with Gasteiger partial charge in [0.1, 0.15) is 24.7 Å². The first kappa shape index (κ1) is 32.5. The predicted molar refractivity (Wildman–Crippen MR) is 174 cm³/mol. The number of hydrogen-bond donors (Lipinski definition) is 3. The lowest BCUT2D eigenvalue weighted by Crippen LogP contribution is -2.64. The summed E-state index contributed by atoms with van der Waals surface area (Å²) in [5.74, 6) is 1.67. The second-order valence-corrected chi connectivity index (χ2v) is 11.2. The first-order valence-electron chi connectivity index (χ1n) is 15.3. The van der Waals surface area contributed by atoms with Gasteiger partial charge in [0.15, 0.2) is 0 Å². The summed E-state index contributed by atoms with van der Waals surface area (Å²) >= 11 is 0. The van der Waals surface area contributed by atoms with Crippen molar-refractivity contribution >= 4 is 6.21 Å². The third-order valence-corrected chi connectivity index (χ3v) is 8.33. The van der Waals surface area contributed by atoms with Gasteiger partial charge in [-0.2, -0.15) is 5.26 Å². The van der Waals surface area contributed by atoms with Gasteiger partial charge < -0.3 is 14.6 Å². The molecule has 5 rings (SSSR count). The molecule has 0 atom stereocenters. The van der Waals surface area contributed by atoms with Gasteiger partial charge >= 0.3 is 0 Å². The van der Waals surface area contributed by atoms with E-state index in [1.807, 2.05) is 12.1 Å². The second kappa shape index (κ2) is 16.5. The lowest BCUT2D eigenvalue weighted by Gasteiger charge is -2.29. The number of hydrogen-bond acceptors (Lipinski definition) is 6. The maximum Gasteiger partial charge on any atom is 0.219 e. The quantitative estimate of drug-likeness (QED) is 0.0922. The summed E-state index contributed by atoms with van der Waals surface area (Å²) in [6, 6.07) is 21.0. The number of ether oxygens (including phenoxy) is 2. The van der Waals surface area contributed by atoms with E-state index in [0.29, 0.717) is 17.8 Å². The van der Waals surface area contributed by atoms with Crippen molar-refractivity contribution in [3.05, 3.63) is 106 Å². The van der Waals surface area contributed by atoms with E-state index in [4.69, 9.17) is 14.6 Å². The smallest absolute Gasteiger partial charge is 0.219 e. The summed E-state index contributed by atoms with van der Waals surface area (Å²) in [7, 11) is 1.00. The van der Waals surface area contributed by atoms with Gasteiger partial charge in [-0.05, 0) is 96.7 Å². The average Bonchev–Trinajstić information content (AvgIpc) is 3.56. The van der Waals surface area contributed by atoms with Crippen molar-refractivity contribution in [1.82, 2.24) is 4.90 Å². The minimum absolute atomic E-state index is 0.178. The Hall–Kier alpha value is -4.38. The molecule has 0 aromatic heterocycles. The molecule has 1 heterocycles. The van der Waals surface area contributed by atoms with Crippen molar-refractivity contribution in [3.63, 3.8) is 0 Å². The highest BCUT2D eigenvalue weighted by Crippen LogP contribution is 2.41. The van der Waals surface area contributed by atoms with E-state index >= 15 is 0 Å². The van der Waals surface area contributed by atoms with Crippen LogP contribution in [0.15, 0.2) is 78.4 Å². The van der Waals surface area contributed by atoms with E-state index in [1.165, 1.54) is 58.9 Å². The molecule has 1 aliphatic carbocycles. The summed E-state index contributed by atoms with van der Waals surface area (Å²) in [5.41, 5.74) is 9.58. The summed E-state index contributed by atoms with van der Waals surface area (Å²) in [6.07, 6.45) is 9.86. The molecular formula is C37H44N3O4+. The number of benzene rings is 3. The Balaban J connectivity index is 0.00000216. The van der Waals surface area contributed by atoms with Crippen LogP contribution in [-0.4, -0.2) is 48.2 Å². The lowest BCUT2D eigenvalue weighted by atomic mass is 9.96. The molecule has 2 aliphatic rings. The molecule has 3 N–H and O–H groups in total. The maximum atomic E-state index is 9.31. The number of nitriles is 1. The lowest BCUT2D eigenvalue weighted by molar-refractivity contribution is -0.733. The minimum Gasteiger partial charge on any atom is -0.488 e. The molecule has 0 unspecified atom stereocenters. The Bertz CT molecular complexity index is 1520. The number of nitrogens with zero attached hydrogens (tertiary/aromatic N) is 2. The molecule has 7 heteroatoms. The van der Waals surface area contributed by atoms with Gasteiger partial charge in [0.25, 0.3) is 0 Å². The van der Waals surface area contributed by atoms with Crippen molar-refractivity contribution < 1.29 is 24.9 Å². The number of nitrogens with one attached hydrogen (secondary N) is 1. The molecule has 3 aromatic carbocycles. The molecule has 0 bridgehead atoms. The molecule has 0 spiro atoms. The molecule has 0 radical (unpaired) electrons. The van der Waals surface area contributed by atoms with E-state index in [2.05, 4.69) is 72.1 Å². The molecule has 1 aliphatic heterocycles. The standard InChI is InChI=1S/C36H39N3O3.CH4O/c1-26(21-37)19-28(22-38-40)24-41-36-20-35(33-16-10-15-32(33)34(36)23-39-17-7-4-8-18-39)42-25-30-13-9-14-31(27(30)2)29-11-5-3-6-12-29;1-2/h3,5-6,9,11-14,19-20,22,40H,1,4,7-8,10,15-18,23-25H2,2H3;2H,1H3/p+1/b28-19+,38-22+;. The van der Waals surface area contributed by atoms with Gasteiger partial charge in [-0.15, -0.1) is 0 Å². The fourth-order valence-electron chi connectivity index (χ4n) is 6.11. The third kappa shape index (κ3) is 8.16. The summed E-state index contributed by atoms with van der Waals surface area (Å²) < 4.78 is 13.1. The van der Waals surface area contributed by atoms with E-state index in [-0.39, 0.29) is 6.61 Å². The Kier molecular flexibility index (Phi) is 12.2. The molecule has 230 valence electrons.